The van der Waals surface area contributed by atoms with Gasteiger partial charge in [0.1, 0.15) is 11.3 Å². The normalized spacial score (nSPS) is 11.7. The third kappa shape index (κ3) is 3.40. The first-order valence-corrected chi connectivity index (χ1v) is 11.1. The van der Waals surface area contributed by atoms with Gasteiger partial charge in [0.2, 0.25) is 0 Å². The maximum Gasteiger partial charge on any atom is 0.144 e. The zero-order valence-electron chi connectivity index (χ0n) is 18.9. The van der Waals surface area contributed by atoms with Crippen molar-refractivity contribution in [1.29, 1.82) is 0 Å². The number of imidazole rings is 1. The van der Waals surface area contributed by atoms with Crippen LogP contribution in [0.1, 0.15) is 50.7 Å². The van der Waals surface area contributed by atoms with Crippen molar-refractivity contribution in [3.8, 4) is 22.8 Å². The predicted octanol–water partition coefficient (Wildman–Crippen LogP) is 6.52. The molecule has 32 heavy (non-hydrogen) atoms. The third-order valence-electron chi connectivity index (χ3n) is 5.92. The molecule has 5 aromatic rings. The van der Waals surface area contributed by atoms with E-state index in [1.807, 2.05) is 35.1 Å². The molecule has 160 valence electrons. The highest BCUT2D eigenvalue weighted by molar-refractivity contribution is 5.76. The topological polar surface area (TPSA) is 48.5 Å². The van der Waals surface area contributed by atoms with Crippen molar-refractivity contribution < 1.29 is 0 Å². The summed E-state index contributed by atoms with van der Waals surface area (Å²) in [6.07, 6.45) is 3.95. The minimum atomic E-state index is 0.409. The van der Waals surface area contributed by atoms with E-state index in [9.17, 15) is 0 Å². The minimum absolute atomic E-state index is 0.409. The lowest BCUT2D eigenvalue weighted by atomic mass is 9.92. The van der Waals surface area contributed by atoms with Crippen molar-refractivity contribution >= 4 is 11.0 Å². The zero-order valence-corrected chi connectivity index (χ0v) is 18.9. The number of benzene rings is 3. The molecule has 5 nitrogen and oxygen atoms in total. The maximum atomic E-state index is 4.77. The van der Waals surface area contributed by atoms with Gasteiger partial charge < -0.3 is 0 Å². The Balaban J connectivity index is 1.67. The number of aromatic nitrogens is 5. The molecule has 0 saturated carbocycles. The first-order chi connectivity index (χ1) is 15.5. The second-order valence-electron chi connectivity index (χ2n) is 8.76. The number of fused-ring (bicyclic) bond motifs is 1. The van der Waals surface area contributed by atoms with Crippen molar-refractivity contribution in [1.82, 2.24) is 24.5 Å². The highest BCUT2D eigenvalue weighted by Crippen LogP contribution is 2.34. The van der Waals surface area contributed by atoms with Crippen LogP contribution in [0.4, 0.5) is 0 Å². The summed E-state index contributed by atoms with van der Waals surface area (Å²) >= 11 is 0. The first kappa shape index (κ1) is 20.2. The number of hydrogen-bond acceptors (Lipinski definition) is 3. The summed E-state index contributed by atoms with van der Waals surface area (Å²) < 4.78 is 4.12. The van der Waals surface area contributed by atoms with Crippen LogP contribution in [-0.4, -0.2) is 24.5 Å². The fourth-order valence-electron chi connectivity index (χ4n) is 4.32. The molecule has 0 aliphatic rings. The summed E-state index contributed by atoms with van der Waals surface area (Å²) in [5, 5.41) is 8.69. The Morgan fingerprint density at radius 1 is 0.781 bits per heavy atom. The van der Waals surface area contributed by atoms with Crippen LogP contribution >= 0.6 is 0 Å². The highest BCUT2D eigenvalue weighted by Gasteiger charge is 2.19. The molecule has 0 bridgehead atoms. The summed E-state index contributed by atoms with van der Waals surface area (Å²) in [6, 6.07) is 23.0. The lowest BCUT2D eigenvalue weighted by molar-refractivity contribution is 0.806. The van der Waals surface area contributed by atoms with Crippen LogP contribution in [0.2, 0.25) is 0 Å². The predicted molar refractivity (Wildman–Crippen MR) is 130 cm³/mol. The molecule has 0 aliphatic carbocycles. The van der Waals surface area contributed by atoms with E-state index in [4.69, 9.17) is 4.98 Å². The summed E-state index contributed by atoms with van der Waals surface area (Å²) in [4.78, 5) is 4.77. The molecule has 3 aromatic carbocycles. The Hall–Kier alpha value is -3.73. The van der Waals surface area contributed by atoms with Crippen molar-refractivity contribution in [2.24, 2.45) is 0 Å². The van der Waals surface area contributed by atoms with Crippen LogP contribution in [0.5, 0.6) is 0 Å². The number of para-hydroxylation sites is 2. The van der Waals surface area contributed by atoms with Gasteiger partial charge in [0.15, 0.2) is 0 Å². The van der Waals surface area contributed by atoms with Crippen LogP contribution in [0.15, 0.2) is 79.1 Å². The van der Waals surface area contributed by atoms with Crippen molar-refractivity contribution in [2.45, 2.75) is 39.5 Å². The fourth-order valence-corrected chi connectivity index (χ4v) is 4.32. The molecule has 0 radical (unpaired) electrons. The van der Waals surface area contributed by atoms with Gasteiger partial charge in [-0.1, -0.05) is 75.4 Å². The van der Waals surface area contributed by atoms with E-state index in [2.05, 4.69) is 91.2 Å². The monoisotopic (exact) mass is 421 g/mol. The van der Waals surface area contributed by atoms with E-state index in [1.165, 1.54) is 16.8 Å². The fraction of sp³-hybridized carbons (Fsp3) is 0.222. The highest BCUT2D eigenvalue weighted by atomic mass is 15.4. The molecule has 0 fully saturated rings. The number of rotatable bonds is 5. The maximum absolute atomic E-state index is 4.77. The minimum Gasteiger partial charge on any atom is -0.299 e. The van der Waals surface area contributed by atoms with Gasteiger partial charge in [0.25, 0.3) is 0 Å². The number of nitrogens with zero attached hydrogens (tertiary/aromatic N) is 5. The summed E-state index contributed by atoms with van der Waals surface area (Å²) in [5.74, 6) is 1.74. The van der Waals surface area contributed by atoms with Gasteiger partial charge in [-0.05, 0) is 47.2 Å². The molecule has 0 atom stereocenters. The Morgan fingerprint density at radius 3 is 2.25 bits per heavy atom. The molecule has 0 N–H and O–H groups in total. The molecule has 5 rings (SSSR count). The lowest BCUT2D eigenvalue weighted by Gasteiger charge is -2.22. The molecular weight excluding hydrogens is 394 g/mol. The van der Waals surface area contributed by atoms with Crippen molar-refractivity contribution in [3.63, 3.8) is 0 Å². The molecule has 2 aromatic heterocycles. The van der Waals surface area contributed by atoms with Gasteiger partial charge in [-0.2, -0.15) is 0 Å². The van der Waals surface area contributed by atoms with Gasteiger partial charge in [-0.15, -0.1) is 5.10 Å². The van der Waals surface area contributed by atoms with Crippen LogP contribution in [0.25, 0.3) is 33.8 Å². The van der Waals surface area contributed by atoms with E-state index < -0.39 is 0 Å². The van der Waals surface area contributed by atoms with Crippen LogP contribution in [-0.2, 0) is 0 Å². The van der Waals surface area contributed by atoms with Gasteiger partial charge in [0, 0.05) is 18.0 Å². The Bertz CT molecular complexity index is 1360. The van der Waals surface area contributed by atoms with Gasteiger partial charge >= 0.3 is 0 Å². The molecular formula is C27H27N5. The van der Waals surface area contributed by atoms with E-state index in [-0.39, 0.29) is 0 Å². The van der Waals surface area contributed by atoms with Gasteiger partial charge in [-0.25, -0.2) is 9.67 Å². The Kier molecular flexibility index (Phi) is 5.10. The van der Waals surface area contributed by atoms with Crippen molar-refractivity contribution in [2.75, 3.05) is 0 Å². The van der Waals surface area contributed by atoms with Gasteiger partial charge in [-0.3, -0.25) is 4.57 Å². The second-order valence-corrected chi connectivity index (χ2v) is 8.76. The van der Waals surface area contributed by atoms with E-state index in [0.717, 1.165) is 28.1 Å². The average molecular weight is 422 g/mol. The molecule has 0 saturated heterocycles. The number of hydrogen-bond donors (Lipinski definition) is 0. The van der Waals surface area contributed by atoms with E-state index in [0.29, 0.717) is 11.8 Å². The summed E-state index contributed by atoms with van der Waals surface area (Å²) in [6.45, 7) is 8.98. The van der Waals surface area contributed by atoms with Crippen LogP contribution in [0.3, 0.4) is 0 Å². The summed E-state index contributed by atoms with van der Waals surface area (Å²) in [5.41, 5.74) is 7.77. The van der Waals surface area contributed by atoms with Crippen molar-refractivity contribution in [3.05, 3.63) is 90.3 Å². The van der Waals surface area contributed by atoms with E-state index >= 15 is 0 Å². The largest absolute Gasteiger partial charge is 0.299 e. The van der Waals surface area contributed by atoms with E-state index in [1.54, 1.807) is 0 Å². The quantitative estimate of drug-likeness (QED) is 0.324. The third-order valence-corrected chi connectivity index (χ3v) is 5.92. The molecule has 5 heteroatoms. The van der Waals surface area contributed by atoms with Crippen LogP contribution in [0, 0.1) is 0 Å². The standard InChI is InChI=1S/C27H27N5/c1-18(2)22-11-8-12-23(19(3)4)26(22)31-16-15-28-27(31)20-9-7-10-21(17-20)32-25-14-6-5-13-24(25)29-30-32/h5-19H,1-4H3. The second kappa shape index (κ2) is 8.08. The zero-order chi connectivity index (χ0) is 22.2. The molecule has 0 aliphatic heterocycles. The molecule has 2 heterocycles. The smallest absolute Gasteiger partial charge is 0.144 e. The Morgan fingerprint density at radius 2 is 1.50 bits per heavy atom. The Labute approximate surface area is 188 Å². The molecule has 0 amide bonds. The first-order valence-electron chi connectivity index (χ1n) is 11.1. The summed E-state index contributed by atoms with van der Waals surface area (Å²) in [7, 11) is 0. The van der Waals surface area contributed by atoms with Crippen LogP contribution < -0.4 is 0 Å². The lowest BCUT2D eigenvalue weighted by Crippen LogP contribution is -2.08. The molecule has 0 unspecified atom stereocenters. The van der Waals surface area contributed by atoms with Gasteiger partial charge in [0.05, 0.1) is 16.9 Å². The average Bonchev–Trinajstić information content (AvgIpc) is 3.46. The molecule has 0 spiro atoms. The SMILES string of the molecule is CC(C)c1cccc(C(C)C)c1-n1ccnc1-c1cccc(-n2nnc3ccccc32)c1.